The average Bonchev–Trinajstić information content (AvgIpc) is 3.29. The number of likely N-dealkylation sites (N-methyl/N-ethyl adjacent to an activating group) is 1. The van der Waals surface area contributed by atoms with Crippen LogP contribution in [0.25, 0.3) is 0 Å². The Labute approximate surface area is 211 Å². The molecule has 0 fully saturated rings. The number of benzene rings is 3. The van der Waals surface area contributed by atoms with Gasteiger partial charge in [-0.15, -0.1) is 0 Å². The normalized spacial score (nSPS) is 12.8. The zero-order chi connectivity index (χ0) is 25.8. The van der Waals surface area contributed by atoms with E-state index in [-0.39, 0.29) is 28.9 Å². The molecule has 4 rings (SSSR count). The molecule has 1 aliphatic heterocycles. The van der Waals surface area contributed by atoms with Crippen LogP contribution in [0.4, 0.5) is 5.69 Å². The number of amides is 2. The third-order valence-electron chi connectivity index (χ3n) is 6.26. The number of hydrogen-bond acceptors (Lipinski definition) is 5. The Kier molecular flexibility index (Phi) is 7.41. The van der Waals surface area contributed by atoms with Crippen molar-refractivity contribution < 1.29 is 19.8 Å². The molecule has 0 spiro atoms. The Hall–Kier alpha value is -4.10. The van der Waals surface area contributed by atoms with Gasteiger partial charge in [0.15, 0.2) is 0 Å². The van der Waals surface area contributed by atoms with E-state index in [4.69, 9.17) is 0 Å². The van der Waals surface area contributed by atoms with E-state index in [0.717, 1.165) is 22.4 Å². The van der Waals surface area contributed by atoms with Crippen molar-refractivity contribution in [3.05, 3.63) is 101 Å². The highest BCUT2D eigenvalue weighted by atomic mass is 16.3. The SMILES string of the molecule is Cc1cc(C(=O)N2Cc3cccc(N(Cc4ccccc4)C(=O)/C=C/CN(C)C)c3C2)c(O)cc1O. The minimum Gasteiger partial charge on any atom is -0.508 e. The van der Waals surface area contributed by atoms with Gasteiger partial charge in [-0.1, -0.05) is 48.5 Å². The van der Waals surface area contributed by atoms with Gasteiger partial charge in [-0.05, 0) is 49.8 Å². The molecule has 0 saturated heterocycles. The van der Waals surface area contributed by atoms with E-state index in [0.29, 0.717) is 31.7 Å². The first kappa shape index (κ1) is 25.0. The maximum absolute atomic E-state index is 13.4. The van der Waals surface area contributed by atoms with Gasteiger partial charge in [-0.25, -0.2) is 0 Å². The van der Waals surface area contributed by atoms with Gasteiger partial charge in [0.25, 0.3) is 11.8 Å². The van der Waals surface area contributed by atoms with Crippen LogP contribution in [-0.4, -0.2) is 52.5 Å². The molecule has 0 unspecified atom stereocenters. The largest absolute Gasteiger partial charge is 0.508 e. The molecule has 2 amide bonds. The number of aromatic hydroxyl groups is 2. The molecule has 0 radical (unpaired) electrons. The molecule has 1 aliphatic rings. The van der Waals surface area contributed by atoms with Gasteiger partial charge in [0, 0.05) is 43.0 Å². The Morgan fingerprint density at radius 1 is 0.972 bits per heavy atom. The van der Waals surface area contributed by atoms with E-state index in [1.54, 1.807) is 22.8 Å². The highest BCUT2D eigenvalue weighted by molar-refractivity contribution is 6.02. The van der Waals surface area contributed by atoms with Gasteiger partial charge >= 0.3 is 0 Å². The molecule has 3 aromatic carbocycles. The summed E-state index contributed by atoms with van der Waals surface area (Å²) in [4.78, 5) is 32.0. The summed E-state index contributed by atoms with van der Waals surface area (Å²) in [5, 5.41) is 20.1. The van der Waals surface area contributed by atoms with Crippen LogP contribution in [0.1, 0.15) is 32.6 Å². The first-order valence-electron chi connectivity index (χ1n) is 11.8. The highest BCUT2D eigenvalue weighted by Gasteiger charge is 2.30. The van der Waals surface area contributed by atoms with Crippen LogP contribution >= 0.6 is 0 Å². The van der Waals surface area contributed by atoms with Crippen LogP contribution in [0, 0.1) is 6.92 Å². The number of phenols is 2. The van der Waals surface area contributed by atoms with Crippen LogP contribution in [0.5, 0.6) is 11.5 Å². The Balaban J connectivity index is 1.65. The number of phenolic OH excluding ortho intramolecular Hbond substituents is 2. The van der Waals surface area contributed by atoms with Crippen molar-refractivity contribution in [1.82, 2.24) is 9.80 Å². The molecule has 0 atom stereocenters. The van der Waals surface area contributed by atoms with Gasteiger partial charge < -0.3 is 24.9 Å². The first-order chi connectivity index (χ1) is 17.2. The molecule has 0 aliphatic carbocycles. The van der Waals surface area contributed by atoms with Crippen LogP contribution in [0.3, 0.4) is 0 Å². The summed E-state index contributed by atoms with van der Waals surface area (Å²) in [6.07, 6.45) is 3.44. The van der Waals surface area contributed by atoms with E-state index >= 15 is 0 Å². The Morgan fingerprint density at radius 2 is 1.72 bits per heavy atom. The number of carbonyl (C=O) groups excluding carboxylic acids is 2. The molecule has 7 nitrogen and oxygen atoms in total. The molecule has 0 aromatic heterocycles. The zero-order valence-corrected chi connectivity index (χ0v) is 20.8. The second-order valence-corrected chi connectivity index (χ2v) is 9.31. The molecule has 186 valence electrons. The van der Waals surface area contributed by atoms with E-state index in [9.17, 15) is 19.8 Å². The van der Waals surface area contributed by atoms with Gasteiger partial charge in [-0.3, -0.25) is 9.59 Å². The van der Waals surface area contributed by atoms with Crippen molar-refractivity contribution >= 4 is 17.5 Å². The minimum atomic E-state index is -0.329. The monoisotopic (exact) mass is 485 g/mol. The summed E-state index contributed by atoms with van der Waals surface area (Å²) in [6, 6.07) is 18.3. The van der Waals surface area contributed by atoms with Crippen LogP contribution in [-0.2, 0) is 24.4 Å². The maximum Gasteiger partial charge on any atom is 0.258 e. The third kappa shape index (κ3) is 5.42. The summed E-state index contributed by atoms with van der Waals surface area (Å²) in [5.74, 6) is -0.783. The topological polar surface area (TPSA) is 84.3 Å². The van der Waals surface area contributed by atoms with E-state index in [1.807, 2.05) is 73.6 Å². The summed E-state index contributed by atoms with van der Waals surface area (Å²) >= 11 is 0. The van der Waals surface area contributed by atoms with Gasteiger partial charge in [-0.2, -0.15) is 0 Å². The number of nitrogens with zero attached hydrogens (tertiary/aromatic N) is 3. The van der Waals surface area contributed by atoms with Crippen molar-refractivity contribution in [2.45, 2.75) is 26.6 Å². The van der Waals surface area contributed by atoms with Gasteiger partial charge in [0.1, 0.15) is 11.5 Å². The second kappa shape index (κ2) is 10.7. The highest BCUT2D eigenvalue weighted by Crippen LogP contribution is 2.35. The molecule has 36 heavy (non-hydrogen) atoms. The van der Waals surface area contributed by atoms with Crippen molar-refractivity contribution in [2.24, 2.45) is 0 Å². The predicted octanol–water partition coefficient (Wildman–Crippen LogP) is 4.21. The lowest BCUT2D eigenvalue weighted by Crippen LogP contribution is -2.30. The summed E-state index contributed by atoms with van der Waals surface area (Å²) < 4.78 is 0. The fraction of sp³-hybridized carbons (Fsp3) is 0.241. The lowest BCUT2D eigenvalue weighted by molar-refractivity contribution is -0.114. The molecule has 7 heteroatoms. The third-order valence-corrected chi connectivity index (χ3v) is 6.26. The van der Waals surface area contributed by atoms with E-state index in [2.05, 4.69) is 0 Å². The number of carbonyl (C=O) groups is 2. The fourth-order valence-electron chi connectivity index (χ4n) is 4.33. The van der Waals surface area contributed by atoms with Crippen molar-refractivity contribution in [2.75, 3.05) is 25.5 Å². The maximum atomic E-state index is 13.4. The second-order valence-electron chi connectivity index (χ2n) is 9.31. The van der Waals surface area contributed by atoms with Crippen molar-refractivity contribution in [3.63, 3.8) is 0 Å². The summed E-state index contributed by atoms with van der Waals surface area (Å²) in [6.45, 7) is 3.40. The van der Waals surface area contributed by atoms with Crippen molar-refractivity contribution in [3.8, 4) is 11.5 Å². The number of aryl methyl sites for hydroxylation is 1. The number of hydrogen-bond donors (Lipinski definition) is 2. The quantitative estimate of drug-likeness (QED) is 0.490. The molecule has 0 saturated carbocycles. The van der Waals surface area contributed by atoms with Gasteiger partial charge in [0.2, 0.25) is 0 Å². The predicted molar refractivity (Wildman–Crippen MR) is 140 cm³/mol. The molecule has 1 heterocycles. The molecular formula is C29H31N3O4. The molecule has 3 aromatic rings. The lowest BCUT2D eigenvalue weighted by atomic mass is 10.1. The first-order valence-corrected chi connectivity index (χ1v) is 11.8. The number of fused-ring (bicyclic) bond motifs is 1. The lowest BCUT2D eigenvalue weighted by Gasteiger charge is -2.24. The molecule has 0 bridgehead atoms. The van der Waals surface area contributed by atoms with Crippen LogP contribution in [0.15, 0.2) is 72.8 Å². The standard InChI is InChI=1S/C29H31N3O4/c1-20-15-23(27(34)16-26(20)33)29(36)31-18-22-11-7-12-25(24(22)19-31)32(17-21-9-5-4-6-10-21)28(35)13-8-14-30(2)3/h4-13,15-16,33-34H,14,17-19H2,1-3H3/b13-8+. The van der Waals surface area contributed by atoms with Crippen LogP contribution in [0.2, 0.25) is 0 Å². The van der Waals surface area contributed by atoms with Crippen LogP contribution < -0.4 is 4.90 Å². The minimum absolute atomic E-state index is 0.0616. The van der Waals surface area contributed by atoms with Crippen molar-refractivity contribution in [1.29, 1.82) is 0 Å². The average molecular weight is 486 g/mol. The van der Waals surface area contributed by atoms with E-state index < -0.39 is 0 Å². The van der Waals surface area contributed by atoms with E-state index in [1.165, 1.54) is 12.1 Å². The Morgan fingerprint density at radius 3 is 2.44 bits per heavy atom. The fourth-order valence-corrected chi connectivity index (χ4v) is 4.33. The zero-order valence-electron chi connectivity index (χ0n) is 20.8. The molecular weight excluding hydrogens is 454 g/mol. The Bertz CT molecular complexity index is 1300. The number of anilines is 1. The molecule has 2 N–H and O–H groups in total. The summed E-state index contributed by atoms with van der Waals surface area (Å²) in [5.41, 5.74) is 4.28. The van der Waals surface area contributed by atoms with Gasteiger partial charge in [0.05, 0.1) is 12.1 Å². The number of rotatable bonds is 7. The smallest absolute Gasteiger partial charge is 0.258 e. The summed E-state index contributed by atoms with van der Waals surface area (Å²) in [7, 11) is 3.89.